The van der Waals surface area contributed by atoms with Gasteiger partial charge in [-0.1, -0.05) is 37.5 Å². The molecule has 1 aromatic rings. The van der Waals surface area contributed by atoms with Crippen molar-refractivity contribution in [1.82, 2.24) is 15.5 Å². The third-order valence-corrected chi connectivity index (χ3v) is 4.30. The van der Waals surface area contributed by atoms with E-state index < -0.39 is 0 Å². The van der Waals surface area contributed by atoms with Crippen LogP contribution >= 0.6 is 11.3 Å². The maximum atomic E-state index is 11.9. The van der Waals surface area contributed by atoms with Crippen LogP contribution in [0.3, 0.4) is 0 Å². The molecule has 0 aliphatic heterocycles. The second-order valence-electron chi connectivity index (χ2n) is 5.05. The van der Waals surface area contributed by atoms with Crippen LogP contribution in [0.1, 0.15) is 55.3 Å². The zero-order valence-corrected chi connectivity index (χ0v) is 12.3. The van der Waals surface area contributed by atoms with E-state index in [0.717, 1.165) is 24.6 Å². The predicted molar refractivity (Wildman–Crippen MR) is 77.6 cm³/mol. The number of hydrogen-bond donors (Lipinski definition) is 2. The first kappa shape index (κ1) is 14.2. The largest absolute Gasteiger partial charge is 0.360 e. The van der Waals surface area contributed by atoms with Gasteiger partial charge < -0.3 is 10.6 Å². The monoisotopic (exact) mass is 282 g/mol. The molecule has 106 valence electrons. The molecule has 1 aromatic heterocycles. The summed E-state index contributed by atoms with van der Waals surface area (Å²) in [6.07, 6.45) is 7.43. The average Bonchev–Trinajstić information content (AvgIpc) is 2.92. The zero-order valence-electron chi connectivity index (χ0n) is 11.4. The lowest BCUT2D eigenvalue weighted by Gasteiger charge is -2.21. The third kappa shape index (κ3) is 4.45. The summed E-state index contributed by atoms with van der Waals surface area (Å²) in [5, 5.41) is 15.2. The highest BCUT2D eigenvalue weighted by Crippen LogP contribution is 2.23. The molecule has 5 nitrogen and oxygen atoms in total. The Morgan fingerprint density at radius 1 is 1.32 bits per heavy atom. The number of nitrogens with one attached hydrogen (secondary N) is 2. The SMILES string of the molecule is CCCNc1nnc(C(=O)NCC2CCCCC2)s1. The molecule has 1 amide bonds. The van der Waals surface area contributed by atoms with Gasteiger partial charge >= 0.3 is 0 Å². The molecule has 19 heavy (non-hydrogen) atoms. The predicted octanol–water partition coefficient (Wildman–Crippen LogP) is 2.67. The van der Waals surface area contributed by atoms with Crippen LogP contribution in [0.4, 0.5) is 5.13 Å². The van der Waals surface area contributed by atoms with Crippen molar-refractivity contribution in [2.75, 3.05) is 18.4 Å². The van der Waals surface area contributed by atoms with Crippen molar-refractivity contribution in [3.8, 4) is 0 Å². The molecule has 0 aromatic carbocycles. The summed E-state index contributed by atoms with van der Waals surface area (Å²) in [6.45, 7) is 3.72. The van der Waals surface area contributed by atoms with E-state index in [-0.39, 0.29) is 5.91 Å². The van der Waals surface area contributed by atoms with Gasteiger partial charge in [0.1, 0.15) is 0 Å². The summed E-state index contributed by atoms with van der Waals surface area (Å²) in [5.74, 6) is 0.552. The first-order valence-corrected chi connectivity index (χ1v) is 7.97. The molecule has 0 saturated heterocycles. The minimum Gasteiger partial charge on any atom is -0.360 e. The number of hydrogen-bond acceptors (Lipinski definition) is 5. The Kier molecular flexibility index (Phi) is 5.57. The Balaban J connectivity index is 1.77. The smallest absolute Gasteiger partial charge is 0.282 e. The highest BCUT2D eigenvalue weighted by Gasteiger charge is 2.17. The number of rotatable bonds is 6. The molecule has 1 heterocycles. The molecular weight excluding hydrogens is 260 g/mol. The van der Waals surface area contributed by atoms with Gasteiger partial charge in [-0.05, 0) is 25.2 Å². The number of anilines is 1. The van der Waals surface area contributed by atoms with Crippen LogP contribution in [-0.4, -0.2) is 29.2 Å². The highest BCUT2D eigenvalue weighted by molar-refractivity contribution is 7.17. The van der Waals surface area contributed by atoms with Crippen molar-refractivity contribution in [3.05, 3.63) is 5.01 Å². The number of amides is 1. The lowest BCUT2D eigenvalue weighted by Crippen LogP contribution is -2.30. The van der Waals surface area contributed by atoms with Crippen LogP contribution in [0.15, 0.2) is 0 Å². The Morgan fingerprint density at radius 2 is 2.11 bits per heavy atom. The van der Waals surface area contributed by atoms with E-state index in [1.165, 1.54) is 43.4 Å². The topological polar surface area (TPSA) is 66.9 Å². The Labute approximate surface area is 118 Å². The molecule has 0 bridgehead atoms. The van der Waals surface area contributed by atoms with Crippen molar-refractivity contribution in [1.29, 1.82) is 0 Å². The van der Waals surface area contributed by atoms with E-state index in [1.807, 2.05) is 0 Å². The fourth-order valence-electron chi connectivity index (χ4n) is 2.32. The summed E-state index contributed by atoms with van der Waals surface area (Å²) in [6, 6.07) is 0. The van der Waals surface area contributed by atoms with E-state index in [1.54, 1.807) is 0 Å². The molecule has 2 N–H and O–H groups in total. The summed E-state index contributed by atoms with van der Waals surface area (Å²) < 4.78 is 0. The van der Waals surface area contributed by atoms with Crippen LogP contribution in [-0.2, 0) is 0 Å². The lowest BCUT2D eigenvalue weighted by atomic mass is 9.89. The molecule has 0 atom stereocenters. The van der Waals surface area contributed by atoms with Crippen LogP contribution < -0.4 is 10.6 Å². The molecule has 1 aliphatic rings. The second kappa shape index (κ2) is 7.43. The van der Waals surface area contributed by atoms with Gasteiger partial charge in [-0.3, -0.25) is 4.79 Å². The number of nitrogens with zero attached hydrogens (tertiary/aromatic N) is 2. The molecule has 0 spiro atoms. The van der Waals surface area contributed by atoms with Crippen molar-refractivity contribution in [2.24, 2.45) is 5.92 Å². The van der Waals surface area contributed by atoms with Gasteiger partial charge in [0.15, 0.2) is 0 Å². The van der Waals surface area contributed by atoms with E-state index >= 15 is 0 Å². The molecule has 6 heteroatoms. The van der Waals surface area contributed by atoms with Gasteiger partial charge in [0, 0.05) is 13.1 Å². The minimum atomic E-state index is -0.0902. The second-order valence-corrected chi connectivity index (χ2v) is 6.03. The van der Waals surface area contributed by atoms with Gasteiger partial charge in [0.05, 0.1) is 0 Å². The number of carbonyl (C=O) groups is 1. The van der Waals surface area contributed by atoms with Gasteiger partial charge in [0.25, 0.3) is 5.91 Å². The molecule has 1 saturated carbocycles. The van der Waals surface area contributed by atoms with Crippen LogP contribution in [0.25, 0.3) is 0 Å². The van der Waals surface area contributed by atoms with Crippen LogP contribution in [0.5, 0.6) is 0 Å². The standard InChI is InChI=1S/C13H22N4OS/c1-2-8-14-13-17-16-12(19-13)11(18)15-9-10-6-4-3-5-7-10/h10H,2-9H2,1H3,(H,14,17)(H,15,18). The average molecular weight is 282 g/mol. The summed E-state index contributed by atoms with van der Waals surface area (Å²) >= 11 is 1.32. The summed E-state index contributed by atoms with van der Waals surface area (Å²) in [7, 11) is 0. The fourth-order valence-corrected chi connectivity index (χ4v) is 3.01. The maximum Gasteiger partial charge on any atom is 0.282 e. The van der Waals surface area contributed by atoms with Gasteiger partial charge in [-0.15, -0.1) is 10.2 Å². The van der Waals surface area contributed by atoms with E-state index in [9.17, 15) is 4.79 Å². The van der Waals surface area contributed by atoms with Crippen molar-refractivity contribution in [3.63, 3.8) is 0 Å². The summed E-state index contributed by atoms with van der Waals surface area (Å²) in [5.41, 5.74) is 0. The molecular formula is C13H22N4OS. The molecule has 2 rings (SSSR count). The maximum absolute atomic E-state index is 11.9. The quantitative estimate of drug-likeness (QED) is 0.842. The normalized spacial score (nSPS) is 16.3. The molecule has 1 fully saturated rings. The van der Waals surface area contributed by atoms with E-state index in [0.29, 0.717) is 10.9 Å². The summed E-state index contributed by atoms with van der Waals surface area (Å²) in [4.78, 5) is 11.9. The highest BCUT2D eigenvalue weighted by atomic mass is 32.1. The van der Waals surface area contributed by atoms with Gasteiger partial charge in [-0.25, -0.2) is 0 Å². The van der Waals surface area contributed by atoms with Crippen LogP contribution in [0.2, 0.25) is 0 Å². The lowest BCUT2D eigenvalue weighted by molar-refractivity contribution is 0.0942. The molecule has 0 radical (unpaired) electrons. The Morgan fingerprint density at radius 3 is 2.84 bits per heavy atom. The van der Waals surface area contributed by atoms with Crippen LogP contribution in [0, 0.1) is 5.92 Å². The number of carbonyl (C=O) groups excluding carboxylic acids is 1. The van der Waals surface area contributed by atoms with Gasteiger partial charge in [-0.2, -0.15) is 0 Å². The van der Waals surface area contributed by atoms with Crippen molar-refractivity contribution >= 4 is 22.4 Å². The van der Waals surface area contributed by atoms with Crippen molar-refractivity contribution in [2.45, 2.75) is 45.4 Å². The molecule has 0 unspecified atom stereocenters. The first-order chi connectivity index (χ1) is 9.29. The third-order valence-electron chi connectivity index (χ3n) is 3.42. The van der Waals surface area contributed by atoms with Crippen molar-refractivity contribution < 1.29 is 4.79 Å². The minimum absolute atomic E-state index is 0.0902. The number of aromatic nitrogens is 2. The zero-order chi connectivity index (χ0) is 13.5. The van der Waals surface area contributed by atoms with E-state index in [2.05, 4.69) is 27.8 Å². The molecule has 1 aliphatic carbocycles. The van der Waals surface area contributed by atoms with Gasteiger partial charge in [0.2, 0.25) is 10.1 Å². The first-order valence-electron chi connectivity index (χ1n) is 7.15. The van der Waals surface area contributed by atoms with E-state index in [4.69, 9.17) is 0 Å². The fraction of sp³-hybridized carbons (Fsp3) is 0.769. The Hall–Kier alpha value is -1.17. The Bertz CT molecular complexity index is 401.